The number of aromatic nitrogens is 2. The van der Waals surface area contributed by atoms with Crippen LogP contribution >= 0.6 is 11.6 Å². The first-order chi connectivity index (χ1) is 7.34. The van der Waals surface area contributed by atoms with Crippen molar-refractivity contribution in [1.29, 1.82) is 0 Å². The van der Waals surface area contributed by atoms with Crippen molar-refractivity contribution >= 4 is 17.3 Å². The molecule has 15 heavy (non-hydrogen) atoms. The third-order valence-electron chi connectivity index (χ3n) is 2.53. The predicted molar refractivity (Wildman–Crippen MR) is 59.1 cm³/mol. The Balaban J connectivity index is 1.73. The molecular formula is C10H14ClN3O. The molecule has 1 aromatic rings. The minimum Gasteiger partial charge on any atom is -0.384 e. The number of nitrogens with zero attached hydrogens (tertiary/aromatic N) is 2. The molecule has 0 saturated carbocycles. The largest absolute Gasteiger partial charge is 0.384 e. The van der Waals surface area contributed by atoms with Crippen LogP contribution in [0.5, 0.6) is 0 Å². The van der Waals surface area contributed by atoms with Gasteiger partial charge in [0.15, 0.2) is 5.15 Å². The van der Waals surface area contributed by atoms with E-state index >= 15 is 0 Å². The summed E-state index contributed by atoms with van der Waals surface area (Å²) in [5, 5.41) is 11.1. The quantitative estimate of drug-likeness (QED) is 0.855. The second-order valence-corrected chi connectivity index (χ2v) is 4.10. The maximum atomic E-state index is 5.72. The Kier molecular flexibility index (Phi) is 3.75. The minimum atomic E-state index is 0.421. The van der Waals surface area contributed by atoms with Crippen molar-refractivity contribution in [1.82, 2.24) is 10.2 Å². The number of halogens is 1. The van der Waals surface area contributed by atoms with Crippen LogP contribution < -0.4 is 5.32 Å². The van der Waals surface area contributed by atoms with E-state index in [-0.39, 0.29) is 0 Å². The van der Waals surface area contributed by atoms with E-state index in [2.05, 4.69) is 15.5 Å². The van der Waals surface area contributed by atoms with E-state index in [9.17, 15) is 0 Å². The van der Waals surface area contributed by atoms with Crippen LogP contribution in [0.3, 0.4) is 0 Å². The van der Waals surface area contributed by atoms with Crippen molar-refractivity contribution in [2.24, 2.45) is 5.92 Å². The van der Waals surface area contributed by atoms with E-state index in [0.29, 0.717) is 11.1 Å². The summed E-state index contributed by atoms with van der Waals surface area (Å²) in [6, 6.07) is 1.78. The topological polar surface area (TPSA) is 47.0 Å². The Labute approximate surface area is 94.0 Å². The van der Waals surface area contributed by atoms with E-state index < -0.39 is 0 Å². The summed E-state index contributed by atoms with van der Waals surface area (Å²) in [5.74, 6) is 0.697. The molecule has 5 heteroatoms. The van der Waals surface area contributed by atoms with E-state index in [4.69, 9.17) is 16.3 Å². The number of ether oxygens (including phenoxy) is 1. The Bertz CT molecular complexity index is 315. The van der Waals surface area contributed by atoms with Crippen molar-refractivity contribution in [3.63, 3.8) is 0 Å². The molecule has 82 valence electrons. The van der Waals surface area contributed by atoms with Gasteiger partial charge in [-0.2, -0.15) is 5.10 Å². The van der Waals surface area contributed by atoms with Crippen LogP contribution in [0.2, 0.25) is 5.15 Å². The number of rotatable bonds is 4. The van der Waals surface area contributed by atoms with E-state index in [0.717, 1.165) is 31.9 Å². The van der Waals surface area contributed by atoms with E-state index in [1.54, 1.807) is 12.3 Å². The van der Waals surface area contributed by atoms with E-state index in [1.807, 2.05) is 0 Å². The van der Waals surface area contributed by atoms with Crippen LogP contribution in [0.1, 0.15) is 12.8 Å². The standard InChI is InChI=1S/C10H14ClN3O/c11-10-5-9(6-13-14-10)12-3-1-8-2-4-15-7-8/h5-6,8H,1-4,7H2,(H,12,14). The fourth-order valence-corrected chi connectivity index (χ4v) is 1.83. The molecule has 1 unspecified atom stereocenters. The first kappa shape index (κ1) is 10.6. The Hall–Kier alpha value is -0.870. The third kappa shape index (κ3) is 3.32. The lowest BCUT2D eigenvalue weighted by Gasteiger charge is -2.09. The number of hydrogen-bond acceptors (Lipinski definition) is 4. The summed E-state index contributed by atoms with van der Waals surface area (Å²) < 4.78 is 5.31. The summed E-state index contributed by atoms with van der Waals surface area (Å²) in [4.78, 5) is 0. The molecule has 0 aliphatic carbocycles. The number of nitrogens with one attached hydrogen (secondary N) is 1. The zero-order valence-corrected chi connectivity index (χ0v) is 9.20. The normalized spacial score (nSPS) is 20.5. The lowest BCUT2D eigenvalue weighted by Crippen LogP contribution is -2.09. The van der Waals surface area contributed by atoms with Gasteiger partial charge in [0.05, 0.1) is 11.9 Å². The Morgan fingerprint density at radius 1 is 1.60 bits per heavy atom. The van der Waals surface area contributed by atoms with Crippen molar-refractivity contribution in [3.05, 3.63) is 17.4 Å². The van der Waals surface area contributed by atoms with Gasteiger partial charge in [-0.1, -0.05) is 11.6 Å². The average molecular weight is 228 g/mol. The molecule has 1 atom stereocenters. The second-order valence-electron chi connectivity index (χ2n) is 3.71. The molecule has 1 N–H and O–H groups in total. The van der Waals surface area contributed by atoms with Gasteiger partial charge in [0.25, 0.3) is 0 Å². The molecule has 1 aliphatic heterocycles. The molecule has 2 heterocycles. The first-order valence-corrected chi connectivity index (χ1v) is 5.52. The van der Waals surface area contributed by atoms with Crippen molar-refractivity contribution < 1.29 is 4.74 Å². The van der Waals surface area contributed by atoms with E-state index in [1.165, 1.54) is 6.42 Å². The fourth-order valence-electron chi connectivity index (χ4n) is 1.67. The van der Waals surface area contributed by atoms with Gasteiger partial charge in [0, 0.05) is 25.8 Å². The molecule has 4 nitrogen and oxygen atoms in total. The molecular weight excluding hydrogens is 214 g/mol. The summed E-state index contributed by atoms with van der Waals surface area (Å²) in [5.41, 5.74) is 0.925. The van der Waals surface area contributed by atoms with Gasteiger partial charge in [-0.15, -0.1) is 5.10 Å². The van der Waals surface area contributed by atoms with Crippen LogP contribution in [-0.2, 0) is 4.74 Å². The molecule has 0 amide bonds. The summed E-state index contributed by atoms with van der Waals surface area (Å²) in [6.45, 7) is 2.74. The number of hydrogen-bond donors (Lipinski definition) is 1. The fraction of sp³-hybridized carbons (Fsp3) is 0.600. The monoisotopic (exact) mass is 227 g/mol. The lowest BCUT2D eigenvalue weighted by atomic mass is 10.1. The highest BCUT2D eigenvalue weighted by molar-refractivity contribution is 6.29. The molecule has 1 fully saturated rings. The van der Waals surface area contributed by atoms with Crippen molar-refractivity contribution in [2.45, 2.75) is 12.8 Å². The Morgan fingerprint density at radius 2 is 2.53 bits per heavy atom. The lowest BCUT2D eigenvalue weighted by molar-refractivity contribution is 0.185. The zero-order valence-electron chi connectivity index (χ0n) is 8.45. The molecule has 0 bridgehead atoms. The van der Waals surface area contributed by atoms with Gasteiger partial charge in [-0.25, -0.2) is 0 Å². The number of anilines is 1. The average Bonchev–Trinajstić information content (AvgIpc) is 2.71. The molecule has 1 aromatic heterocycles. The molecule has 0 aromatic carbocycles. The SMILES string of the molecule is Clc1cc(NCCC2CCOC2)cnn1. The van der Waals surface area contributed by atoms with Crippen LogP contribution in [0, 0.1) is 5.92 Å². The molecule has 1 saturated heterocycles. The third-order valence-corrected chi connectivity index (χ3v) is 2.72. The van der Waals surface area contributed by atoms with Crippen molar-refractivity contribution in [3.8, 4) is 0 Å². The highest BCUT2D eigenvalue weighted by Crippen LogP contribution is 2.16. The smallest absolute Gasteiger partial charge is 0.153 e. The summed E-state index contributed by atoms with van der Waals surface area (Å²) in [7, 11) is 0. The van der Waals surface area contributed by atoms with Crippen LogP contribution in [0.4, 0.5) is 5.69 Å². The zero-order chi connectivity index (χ0) is 10.5. The minimum absolute atomic E-state index is 0.421. The van der Waals surface area contributed by atoms with Crippen LogP contribution in [0.15, 0.2) is 12.3 Å². The van der Waals surface area contributed by atoms with Gasteiger partial charge < -0.3 is 10.1 Å². The molecule has 0 spiro atoms. The van der Waals surface area contributed by atoms with Crippen LogP contribution in [-0.4, -0.2) is 30.0 Å². The maximum Gasteiger partial charge on any atom is 0.153 e. The highest BCUT2D eigenvalue weighted by Gasteiger charge is 2.14. The highest BCUT2D eigenvalue weighted by atomic mass is 35.5. The molecule has 1 aliphatic rings. The second kappa shape index (κ2) is 5.28. The van der Waals surface area contributed by atoms with Gasteiger partial charge in [0.1, 0.15) is 0 Å². The van der Waals surface area contributed by atoms with Gasteiger partial charge in [-0.05, 0) is 18.8 Å². The Morgan fingerprint density at radius 3 is 3.27 bits per heavy atom. The van der Waals surface area contributed by atoms with Crippen molar-refractivity contribution in [2.75, 3.05) is 25.1 Å². The van der Waals surface area contributed by atoms with Gasteiger partial charge in [0.2, 0.25) is 0 Å². The predicted octanol–water partition coefficient (Wildman–Crippen LogP) is 1.97. The molecule has 0 radical (unpaired) electrons. The van der Waals surface area contributed by atoms with Gasteiger partial charge >= 0.3 is 0 Å². The van der Waals surface area contributed by atoms with Crippen LogP contribution in [0.25, 0.3) is 0 Å². The molecule has 2 rings (SSSR count). The van der Waals surface area contributed by atoms with Gasteiger partial charge in [-0.3, -0.25) is 0 Å². The summed E-state index contributed by atoms with van der Waals surface area (Å²) in [6.07, 6.45) is 3.98. The maximum absolute atomic E-state index is 5.72. The summed E-state index contributed by atoms with van der Waals surface area (Å²) >= 11 is 5.72. The first-order valence-electron chi connectivity index (χ1n) is 5.14.